The molecule has 98 valence electrons. The number of ether oxygens (including phenoxy) is 1. The van der Waals surface area contributed by atoms with Crippen LogP contribution in [0.2, 0.25) is 0 Å². The van der Waals surface area contributed by atoms with Crippen molar-refractivity contribution < 1.29 is 14.3 Å². The second-order valence-corrected chi connectivity index (χ2v) is 4.77. The number of rotatable bonds is 3. The van der Waals surface area contributed by atoms with E-state index in [9.17, 15) is 9.59 Å². The van der Waals surface area contributed by atoms with E-state index in [1.54, 1.807) is 20.8 Å². The Morgan fingerprint density at radius 2 is 2.17 bits per heavy atom. The topological polar surface area (TPSA) is 94.3 Å². The monoisotopic (exact) mass is 251 g/mol. The molecule has 0 saturated heterocycles. The maximum absolute atomic E-state index is 11.4. The number of carbonyl (C=O) groups excluding carboxylic acids is 2. The van der Waals surface area contributed by atoms with Gasteiger partial charge in [0.05, 0.1) is 11.3 Å². The van der Waals surface area contributed by atoms with Crippen molar-refractivity contribution in [1.29, 1.82) is 0 Å². The van der Waals surface area contributed by atoms with Crippen LogP contribution in [-0.4, -0.2) is 23.0 Å². The Kier molecular flexibility index (Phi) is 4.25. The number of alkyl carbamates (subject to hydrolysis) is 1. The van der Waals surface area contributed by atoms with Crippen LogP contribution >= 0.6 is 0 Å². The van der Waals surface area contributed by atoms with Gasteiger partial charge in [0.25, 0.3) is 0 Å². The van der Waals surface area contributed by atoms with Crippen LogP contribution in [0.1, 0.15) is 36.7 Å². The molecule has 0 radical (unpaired) electrons. The van der Waals surface area contributed by atoms with Crippen LogP contribution in [-0.2, 0) is 11.3 Å². The molecule has 1 aromatic rings. The van der Waals surface area contributed by atoms with E-state index in [-0.39, 0.29) is 6.54 Å². The van der Waals surface area contributed by atoms with Crippen molar-refractivity contribution in [3.8, 4) is 0 Å². The largest absolute Gasteiger partial charge is 0.444 e. The van der Waals surface area contributed by atoms with Gasteiger partial charge in [-0.15, -0.1) is 0 Å². The number of carbonyl (C=O) groups is 2. The number of nitrogens with two attached hydrogens (primary N) is 1. The zero-order valence-corrected chi connectivity index (χ0v) is 10.7. The molecule has 3 N–H and O–H groups in total. The molecule has 0 saturated carbocycles. The summed E-state index contributed by atoms with van der Waals surface area (Å²) >= 11 is 0. The molecule has 6 nitrogen and oxygen atoms in total. The van der Waals surface area contributed by atoms with Gasteiger partial charge in [0.15, 0.2) is 6.29 Å². The quantitative estimate of drug-likeness (QED) is 0.794. The number of aldehydes is 1. The van der Waals surface area contributed by atoms with Crippen molar-refractivity contribution >= 4 is 18.1 Å². The number of hydrogen-bond acceptors (Lipinski definition) is 5. The Balaban J connectivity index is 2.64. The molecule has 0 bridgehead atoms. The molecule has 18 heavy (non-hydrogen) atoms. The Bertz CT molecular complexity index is 452. The van der Waals surface area contributed by atoms with E-state index in [2.05, 4.69) is 10.3 Å². The molecular formula is C12H17N3O3. The average Bonchev–Trinajstić information content (AvgIpc) is 2.25. The fourth-order valence-corrected chi connectivity index (χ4v) is 1.25. The van der Waals surface area contributed by atoms with E-state index in [1.165, 1.54) is 12.4 Å². The number of pyridine rings is 1. The number of amides is 1. The van der Waals surface area contributed by atoms with Crippen LogP contribution in [0, 0.1) is 0 Å². The molecule has 0 aliphatic heterocycles. The summed E-state index contributed by atoms with van der Waals surface area (Å²) in [6, 6.07) is 0. The van der Waals surface area contributed by atoms with Crippen LogP contribution in [0.5, 0.6) is 0 Å². The number of anilines is 1. The first-order chi connectivity index (χ1) is 8.33. The maximum Gasteiger partial charge on any atom is 0.407 e. The first-order valence-corrected chi connectivity index (χ1v) is 5.48. The third-order valence-corrected chi connectivity index (χ3v) is 2.05. The molecule has 1 aromatic heterocycles. The minimum Gasteiger partial charge on any atom is -0.444 e. The number of nitrogen functional groups attached to an aromatic ring is 1. The second kappa shape index (κ2) is 5.48. The van der Waals surface area contributed by atoms with Gasteiger partial charge < -0.3 is 15.8 Å². The lowest BCUT2D eigenvalue weighted by Gasteiger charge is -2.19. The third-order valence-electron chi connectivity index (χ3n) is 2.05. The molecule has 1 rings (SSSR count). The number of nitrogens with one attached hydrogen (secondary N) is 1. The summed E-state index contributed by atoms with van der Waals surface area (Å²) in [5.74, 6) is 0. The van der Waals surface area contributed by atoms with Gasteiger partial charge in [0.1, 0.15) is 5.60 Å². The van der Waals surface area contributed by atoms with Gasteiger partial charge >= 0.3 is 6.09 Å². The lowest BCUT2D eigenvalue weighted by molar-refractivity contribution is 0.0523. The standard InChI is InChI=1S/C12H17N3O3/c1-12(2,3)18-11(17)15-6-8-4-14-5-9(7-16)10(8)13/h4-5,7H,6H2,1-3H3,(H2,13,14)(H,15,17). The van der Waals surface area contributed by atoms with Gasteiger partial charge in [0, 0.05) is 24.5 Å². The summed E-state index contributed by atoms with van der Waals surface area (Å²) in [4.78, 5) is 26.0. The van der Waals surface area contributed by atoms with E-state index in [4.69, 9.17) is 10.5 Å². The average molecular weight is 251 g/mol. The lowest BCUT2D eigenvalue weighted by Crippen LogP contribution is -2.32. The fraction of sp³-hybridized carbons (Fsp3) is 0.417. The molecular weight excluding hydrogens is 234 g/mol. The predicted molar refractivity (Wildman–Crippen MR) is 67.1 cm³/mol. The lowest BCUT2D eigenvalue weighted by atomic mass is 10.1. The zero-order valence-electron chi connectivity index (χ0n) is 10.7. The molecule has 1 amide bonds. The van der Waals surface area contributed by atoms with Crippen molar-refractivity contribution in [1.82, 2.24) is 10.3 Å². The summed E-state index contributed by atoms with van der Waals surface area (Å²) < 4.78 is 5.08. The third kappa shape index (κ3) is 4.04. The molecule has 6 heteroatoms. The van der Waals surface area contributed by atoms with Gasteiger partial charge in [-0.05, 0) is 20.8 Å². The van der Waals surface area contributed by atoms with Crippen LogP contribution in [0.4, 0.5) is 10.5 Å². The van der Waals surface area contributed by atoms with Crippen LogP contribution in [0.3, 0.4) is 0 Å². The highest BCUT2D eigenvalue weighted by atomic mass is 16.6. The first kappa shape index (κ1) is 14.0. The minimum atomic E-state index is -0.557. The van der Waals surface area contributed by atoms with Crippen molar-refractivity contribution in [3.05, 3.63) is 23.5 Å². The van der Waals surface area contributed by atoms with Gasteiger partial charge in [0.2, 0.25) is 0 Å². The number of hydrogen-bond donors (Lipinski definition) is 2. The van der Waals surface area contributed by atoms with E-state index in [0.717, 1.165) is 0 Å². The van der Waals surface area contributed by atoms with Crippen molar-refractivity contribution in [2.24, 2.45) is 0 Å². The van der Waals surface area contributed by atoms with Gasteiger partial charge in [-0.25, -0.2) is 4.79 Å². The number of aromatic nitrogens is 1. The smallest absolute Gasteiger partial charge is 0.407 e. The van der Waals surface area contributed by atoms with E-state index >= 15 is 0 Å². The van der Waals surface area contributed by atoms with Crippen LogP contribution in [0.25, 0.3) is 0 Å². The first-order valence-electron chi connectivity index (χ1n) is 5.48. The van der Waals surface area contributed by atoms with Crippen molar-refractivity contribution in [2.45, 2.75) is 32.9 Å². The molecule has 0 fully saturated rings. The Labute approximate surface area is 106 Å². The van der Waals surface area contributed by atoms with Crippen molar-refractivity contribution in [2.75, 3.05) is 5.73 Å². The predicted octanol–water partition coefficient (Wildman–Crippen LogP) is 1.50. The highest BCUT2D eigenvalue weighted by molar-refractivity contribution is 5.83. The molecule has 1 heterocycles. The highest BCUT2D eigenvalue weighted by Crippen LogP contribution is 2.14. The fourth-order valence-electron chi connectivity index (χ4n) is 1.25. The van der Waals surface area contributed by atoms with Crippen LogP contribution in [0.15, 0.2) is 12.4 Å². The summed E-state index contributed by atoms with van der Waals surface area (Å²) in [6.45, 7) is 5.48. The van der Waals surface area contributed by atoms with Gasteiger partial charge in [-0.2, -0.15) is 0 Å². The minimum absolute atomic E-state index is 0.162. The summed E-state index contributed by atoms with van der Waals surface area (Å²) in [7, 11) is 0. The second-order valence-electron chi connectivity index (χ2n) is 4.77. The molecule has 0 spiro atoms. The van der Waals surface area contributed by atoms with Crippen LogP contribution < -0.4 is 11.1 Å². The van der Waals surface area contributed by atoms with E-state index < -0.39 is 11.7 Å². The Morgan fingerprint density at radius 3 is 2.72 bits per heavy atom. The Hall–Kier alpha value is -2.11. The SMILES string of the molecule is CC(C)(C)OC(=O)NCc1cncc(C=O)c1N. The van der Waals surface area contributed by atoms with E-state index in [0.29, 0.717) is 23.1 Å². The Morgan fingerprint density at radius 1 is 1.50 bits per heavy atom. The number of nitrogens with zero attached hydrogens (tertiary/aromatic N) is 1. The van der Waals surface area contributed by atoms with Gasteiger partial charge in [-0.3, -0.25) is 9.78 Å². The summed E-state index contributed by atoms with van der Waals surface area (Å²) in [5, 5.41) is 2.55. The normalized spacial score (nSPS) is 10.8. The maximum atomic E-state index is 11.4. The summed E-state index contributed by atoms with van der Waals surface area (Å²) in [6.07, 6.45) is 2.96. The molecule has 0 unspecified atom stereocenters. The van der Waals surface area contributed by atoms with Gasteiger partial charge in [-0.1, -0.05) is 0 Å². The molecule has 0 aliphatic rings. The molecule has 0 aromatic carbocycles. The zero-order chi connectivity index (χ0) is 13.8. The molecule has 0 atom stereocenters. The summed E-state index contributed by atoms with van der Waals surface area (Å²) in [5.41, 5.74) is 6.38. The molecule has 0 aliphatic carbocycles. The highest BCUT2D eigenvalue weighted by Gasteiger charge is 2.16. The van der Waals surface area contributed by atoms with Crippen molar-refractivity contribution in [3.63, 3.8) is 0 Å². The van der Waals surface area contributed by atoms with E-state index in [1.807, 2.05) is 0 Å².